The van der Waals surface area contributed by atoms with Gasteiger partial charge in [-0.3, -0.25) is 14.7 Å². The van der Waals surface area contributed by atoms with Crippen LogP contribution in [0.2, 0.25) is 0 Å². The van der Waals surface area contributed by atoms with Gasteiger partial charge >= 0.3 is 0 Å². The van der Waals surface area contributed by atoms with Crippen LogP contribution in [0, 0.1) is 12.8 Å². The van der Waals surface area contributed by atoms with Gasteiger partial charge in [-0.25, -0.2) is 0 Å². The van der Waals surface area contributed by atoms with Crippen molar-refractivity contribution in [2.75, 3.05) is 12.4 Å². The van der Waals surface area contributed by atoms with Gasteiger partial charge in [0.2, 0.25) is 5.91 Å². The third kappa shape index (κ3) is 3.41. The molecule has 3 aromatic rings. The van der Waals surface area contributed by atoms with Crippen LogP contribution in [-0.4, -0.2) is 33.9 Å². The average molecular weight is 407 g/mol. The van der Waals surface area contributed by atoms with Crippen molar-refractivity contribution in [1.82, 2.24) is 10.2 Å². The number of carbonyl (C=O) groups is 1. The van der Waals surface area contributed by atoms with Crippen LogP contribution in [0.3, 0.4) is 0 Å². The van der Waals surface area contributed by atoms with E-state index in [1.165, 1.54) is 0 Å². The molecule has 3 atom stereocenters. The zero-order chi connectivity index (χ0) is 21.5. The molecular weight excluding hydrogens is 382 g/mol. The smallest absolute Gasteiger partial charge is 0.267 e. The number of rotatable bonds is 4. The molecule has 0 fully saturated rings. The monoisotopic (exact) mass is 407 g/mol. The lowest BCUT2D eigenvalue weighted by Gasteiger charge is -2.41. The molecule has 4 N–H and O–H groups in total. The molecule has 1 amide bonds. The number of para-hydroxylation sites is 1. The summed E-state index contributed by atoms with van der Waals surface area (Å²) in [5.41, 5.74) is 1.81. The van der Waals surface area contributed by atoms with Gasteiger partial charge in [-0.05, 0) is 43.2 Å². The van der Waals surface area contributed by atoms with E-state index in [0.717, 1.165) is 11.1 Å². The number of aliphatic hydroxyl groups is 1. The highest BCUT2D eigenvalue weighted by molar-refractivity contribution is 5.95. The van der Waals surface area contributed by atoms with Crippen LogP contribution in [0.5, 0.6) is 5.75 Å². The minimum Gasteiger partial charge on any atom is -0.497 e. The van der Waals surface area contributed by atoms with Crippen LogP contribution in [0.1, 0.15) is 35.2 Å². The minimum absolute atomic E-state index is 0.166. The Balaban J connectivity index is 1.82. The van der Waals surface area contributed by atoms with Crippen LogP contribution in [0.25, 0.3) is 0 Å². The number of benzene rings is 2. The highest BCUT2D eigenvalue weighted by Crippen LogP contribution is 2.44. The van der Waals surface area contributed by atoms with Gasteiger partial charge in [-0.2, -0.15) is 0 Å². The van der Waals surface area contributed by atoms with Crippen molar-refractivity contribution in [1.29, 1.82) is 0 Å². The molecule has 7 heteroatoms. The van der Waals surface area contributed by atoms with E-state index >= 15 is 0 Å². The van der Waals surface area contributed by atoms with E-state index < -0.39 is 17.4 Å². The molecule has 1 aliphatic carbocycles. The average Bonchev–Trinajstić information content (AvgIpc) is 3.07. The number of carbonyl (C=O) groups excluding carboxylic acids is 1. The van der Waals surface area contributed by atoms with Crippen molar-refractivity contribution in [3.63, 3.8) is 0 Å². The molecule has 0 saturated heterocycles. The predicted molar refractivity (Wildman–Crippen MR) is 114 cm³/mol. The minimum atomic E-state index is -1.37. The summed E-state index contributed by atoms with van der Waals surface area (Å²) in [4.78, 5) is 26.1. The van der Waals surface area contributed by atoms with Crippen molar-refractivity contribution in [3.05, 3.63) is 81.3 Å². The molecule has 0 unspecified atom stereocenters. The van der Waals surface area contributed by atoms with Gasteiger partial charge < -0.3 is 20.3 Å². The van der Waals surface area contributed by atoms with Gasteiger partial charge in [0.25, 0.3) is 5.56 Å². The summed E-state index contributed by atoms with van der Waals surface area (Å²) in [5, 5.41) is 19.8. The number of methoxy groups -OCH3 is 1. The number of nitrogens with one attached hydrogen (secondary N) is 3. The predicted octanol–water partition coefficient (Wildman–Crippen LogP) is 2.71. The first kappa shape index (κ1) is 20.0. The molecule has 0 bridgehead atoms. The Kier molecular flexibility index (Phi) is 4.99. The molecule has 2 aromatic carbocycles. The van der Waals surface area contributed by atoms with Crippen molar-refractivity contribution in [3.8, 4) is 5.75 Å². The van der Waals surface area contributed by atoms with Gasteiger partial charge in [0.05, 0.1) is 18.6 Å². The van der Waals surface area contributed by atoms with Crippen LogP contribution in [-0.2, 0) is 11.2 Å². The Hall–Kier alpha value is -3.32. The van der Waals surface area contributed by atoms with E-state index in [1.54, 1.807) is 26.2 Å². The quantitative estimate of drug-likeness (QED) is 0.533. The van der Waals surface area contributed by atoms with Crippen LogP contribution < -0.4 is 15.6 Å². The SMILES string of the molecule is COc1ccc([C@@H]2c3c([nH][nH]c3=O)C[C@](C)(O)[C@H]2C(=O)Nc2ccccc2C)cc1. The number of aromatic nitrogens is 2. The fraction of sp³-hybridized carbons (Fsp3) is 0.304. The lowest BCUT2D eigenvalue weighted by molar-refractivity contribution is -0.130. The van der Waals surface area contributed by atoms with E-state index in [0.29, 0.717) is 22.7 Å². The van der Waals surface area contributed by atoms with Crippen molar-refractivity contribution >= 4 is 11.6 Å². The van der Waals surface area contributed by atoms with Gasteiger partial charge in [-0.1, -0.05) is 30.3 Å². The Morgan fingerprint density at radius 1 is 1.17 bits per heavy atom. The molecule has 0 spiro atoms. The van der Waals surface area contributed by atoms with E-state index in [1.807, 2.05) is 43.3 Å². The fourth-order valence-corrected chi connectivity index (χ4v) is 4.39. The molecule has 156 valence electrons. The number of ether oxygens (including phenoxy) is 1. The summed E-state index contributed by atoms with van der Waals surface area (Å²) in [5.74, 6) is -1.14. The standard InChI is InChI=1S/C23H25N3O4/c1-13-6-4-5-7-16(13)24-22(28)20-18(14-8-10-15(30-3)11-9-14)19-17(12-23(20,2)29)25-26-21(19)27/h4-11,18,20,29H,12H2,1-3H3,(H,24,28)(H2,25,26,27)/t18-,20-,23+/m1/s1. The highest BCUT2D eigenvalue weighted by Gasteiger charge is 2.50. The maximum atomic E-state index is 13.5. The summed E-state index contributed by atoms with van der Waals surface area (Å²) in [6, 6.07) is 14.7. The molecule has 1 aliphatic rings. The largest absolute Gasteiger partial charge is 0.497 e. The van der Waals surface area contributed by atoms with Crippen molar-refractivity contribution in [2.24, 2.45) is 5.92 Å². The maximum Gasteiger partial charge on any atom is 0.267 e. The molecular formula is C23H25N3O4. The first-order chi connectivity index (χ1) is 14.3. The van der Waals surface area contributed by atoms with E-state index in [2.05, 4.69) is 15.5 Å². The number of aryl methyl sites for hydroxylation is 1. The van der Waals surface area contributed by atoms with Gasteiger partial charge in [-0.15, -0.1) is 0 Å². The summed E-state index contributed by atoms with van der Waals surface area (Å²) < 4.78 is 5.24. The Labute approximate surface area is 174 Å². The number of amides is 1. The Morgan fingerprint density at radius 3 is 2.53 bits per heavy atom. The third-order valence-electron chi connectivity index (χ3n) is 5.91. The topological polar surface area (TPSA) is 107 Å². The first-order valence-electron chi connectivity index (χ1n) is 9.84. The number of H-pyrrole nitrogens is 2. The summed E-state index contributed by atoms with van der Waals surface area (Å²) >= 11 is 0. The summed E-state index contributed by atoms with van der Waals surface area (Å²) in [6.45, 7) is 3.55. The third-order valence-corrected chi connectivity index (χ3v) is 5.91. The lowest BCUT2D eigenvalue weighted by atomic mass is 9.66. The molecule has 30 heavy (non-hydrogen) atoms. The molecule has 1 heterocycles. The normalized spacial score (nSPS) is 22.9. The second kappa shape index (κ2) is 7.50. The molecule has 1 aromatic heterocycles. The first-order valence-corrected chi connectivity index (χ1v) is 9.84. The second-order valence-electron chi connectivity index (χ2n) is 8.04. The van der Waals surface area contributed by atoms with E-state index in [4.69, 9.17) is 4.74 Å². The van der Waals surface area contributed by atoms with Gasteiger partial charge in [0, 0.05) is 29.3 Å². The second-order valence-corrected chi connectivity index (χ2v) is 8.04. The van der Waals surface area contributed by atoms with Gasteiger partial charge in [0.15, 0.2) is 0 Å². The number of hydrogen-bond acceptors (Lipinski definition) is 4. The summed E-state index contributed by atoms with van der Waals surface area (Å²) in [6.07, 6.45) is 0.166. The highest BCUT2D eigenvalue weighted by atomic mass is 16.5. The number of anilines is 1. The van der Waals surface area contributed by atoms with Crippen molar-refractivity contribution in [2.45, 2.75) is 31.8 Å². The summed E-state index contributed by atoms with van der Waals surface area (Å²) in [7, 11) is 1.58. The molecule has 0 radical (unpaired) electrons. The van der Waals surface area contributed by atoms with Crippen molar-refractivity contribution < 1.29 is 14.6 Å². The molecule has 4 rings (SSSR count). The van der Waals surface area contributed by atoms with Crippen LogP contribution in [0.15, 0.2) is 53.3 Å². The van der Waals surface area contributed by atoms with E-state index in [9.17, 15) is 14.7 Å². The molecule has 7 nitrogen and oxygen atoms in total. The maximum absolute atomic E-state index is 13.5. The van der Waals surface area contributed by atoms with Crippen LogP contribution in [0.4, 0.5) is 5.69 Å². The van der Waals surface area contributed by atoms with Crippen LogP contribution >= 0.6 is 0 Å². The van der Waals surface area contributed by atoms with Gasteiger partial charge in [0.1, 0.15) is 5.75 Å². The Morgan fingerprint density at radius 2 is 1.87 bits per heavy atom. The zero-order valence-corrected chi connectivity index (χ0v) is 17.2. The number of aromatic amines is 2. The molecule has 0 saturated carbocycles. The fourth-order valence-electron chi connectivity index (χ4n) is 4.39. The molecule has 0 aliphatic heterocycles. The lowest BCUT2D eigenvalue weighted by Crippen LogP contribution is -2.51. The zero-order valence-electron chi connectivity index (χ0n) is 17.2. The number of fused-ring (bicyclic) bond motifs is 1. The Bertz CT molecular complexity index is 1130. The van der Waals surface area contributed by atoms with E-state index in [-0.39, 0.29) is 17.9 Å². The number of hydrogen-bond donors (Lipinski definition) is 4.